The summed E-state index contributed by atoms with van der Waals surface area (Å²) in [6.45, 7) is 2.98. The fourth-order valence-corrected chi connectivity index (χ4v) is 5.53. The Hall–Kier alpha value is -2.25. The summed E-state index contributed by atoms with van der Waals surface area (Å²) in [4.78, 5) is 36.1. The van der Waals surface area contributed by atoms with E-state index in [0.29, 0.717) is 21.4 Å². The van der Waals surface area contributed by atoms with Crippen LogP contribution in [0.1, 0.15) is 44.7 Å². The number of carbonyl (C=O) groups is 3. The van der Waals surface area contributed by atoms with Crippen LogP contribution in [0.15, 0.2) is 48.5 Å². The summed E-state index contributed by atoms with van der Waals surface area (Å²) < 4.78 is 5.70. The van der Waals surface area contributed by atoms with Gasteiger partial charge >= 0.3 is 5.97 Å². The maximum atomic E-state index is 12.3. The summed E-state index contributed by atoms with van der Waals surface area (Å²) in [6, 6.07) is 14.0. The Kier molecular flexibility index (Phi) is 6.80. The van der Waals surface area contributed by atoms with E-state index in [1.54, 1.807) is 36.4 Å². The molecule has 146 valence electrons. The summed E-state index contributed by atoms with van der Waals surface area (Å²) in [7, 11) is 0. The number of rotatable bonds is 6. The van der Waals surface area contributed by atoms with Gasteiger partial charge in [-0.15, -0.1) is 23.5 Å². The number of hydrogen-bond acceptors (Lipinski definition) is 6. The van der Waals surface area contributed by atoms with Crippen molar-refractivity contribution in [2.24, 2.45) is 0 Å². The van der Waals surface area contributed by atoms with Gasteiger partial charge in [0, 0.05) is 22.8 Å². The van der Waals surface area contributed by atoms with Crippen molar-refractivity contribution in [2.75, 3.05) is 16.8 Å². The van der Waals surface area contributed by atoms with E-state index in [9.17, 15) is 14.4 Å². The maximum absolute atomic E-state index is 12.3. The second kappa shape index (κ2) is 9.30. The van der Waals surface area contributed by atoms with E-state index in [-0.39, 0.29) is 5.78 Å². The van der Waals surface area contributed by atoms with Crippen molar-refractivity contribution in [2.45, 2.75) is 24.5 Å². The number of Topliss-reactive ketones (excluding diaryl/α,β-unsaturated/α-hetero) is 1. The number of benzene rings is 2. The van der Waals surface area contributed by atoms with Crippen molar-refractivity contribution in [3.63, 3.8) is 0 Å². The number of ether oxygens (including phenoxy) is 1. The Morgan fingerprint density at radius 1 is 1.04 bits per heavy atom. The molecule has 0 unspecified atom stereocenters. The lowest BCUT2D eigenvalue weighted by molar-refractivity contribution is -0.123. The minimum Gasteiger partial charge on any atom is -0.449 e. The van der Waals surface area contributed by atoms with Crippen molar-refractivity contribution < 1.29 is 19.1 Å². The van der Waals surface area contributed by atoms with Gasteiger partial charge in [-0.1, -0.05) is 24.3 Å². The van der Waals surface area contributed by atoms with E-state index < -0.39 is 18.0 Å². The van der Waals surface area contributed by atoms with Crippen LogP contribution in [0, 0.1) is 0 Å². The molecule has 1 N–H and O–H groups in total. The van der Waals surface area contributed by atoms with Crippen LogP contribution < -0.4 is 5.32 Å². The zero-order valence-electron chi connectivity index (χ0n) is 15.6. The van der Waals surface area contributed by atoms with Gasteiger partial charge in [0.05, 0.1) is 10.1 Å². The van der Waals surface area contributed by atoms with E-state index in [1.165, 1.54) is 19.4 Å². The van der Waals surface area contributed by atoms with Crippen LogP contribution >= 0.6 is 23.5 Å². The summed E-state index contributed by atoms with van der Waals surface area (Å²) in [6.07, 6.45) is -0.964. The molecule has 1 atom stereocenters. The van der Waals surface area contributed by atoms with Crippen LogP contribution in [-0.2, 0) is 9.53 Å². The zero-order valence-corrected chi connectivity index (χ0v) is 17.3. The SMILES string of the molecule is CC(=O)c1cccc(NC(=O)[C@H](C)OC(=O)c2ccc(C3SCCS3)cc2)c1. The smallest absolute Gasteiger partial charge is 0.338 e. The molecule has 2 aromatic carbocycles. The minimum atomic E-state index is -0.964. The highest BCUT2D eigenvalue weighted by Gasteiger charge is 2.21. The molecule has 0 bridgehead atoms. The standard InChI is InChI=1S/C21H21NO4S2/c1-13(23)17-4-3-5-18(12-17)22-19(24)14(2)26-20(25)15-6-8-16(9-7-15)21-27-10-11-28-21/h3-9,12,14,21H,10-11H2,1-2H3,(H,22,24)/t14-/m0/s1. The molecule has 1 fully saturated rings. The Labute approximate surface area is 172 Å². The molecule has 1 amide bonds. The first-order valence-electron chi connectivity index (χ1n) is 8.90. The molecule has 1 saturated heterocycles. The van der Waals surface area contributed by atoms with Gasteiger partial charge in [-0.2, -0.15) is 0 Å². The maximum Gasteiger partial charge on any atom is 0.338 e. The highest BCUT2D eigenvalue weighted by Crippen LogP contribution is 2.45. The number of anilines is 1. The van der Waals surface area contributed by atoms with Gasteiger partial charge in [0.15, 0.2) is 11.9 Å². The number of thioether (sulfide) groups is 2. The van der Waals surface area contributed by atoms with Gasteiger partial charge in [0.1, 0.15) is 0 Å². The van der Waals surface area contributed by atoms with E-state index >= 15 is 0 Å². The van der Waals surface area contributed by atoms with E-state index in [1.807, 2.05) is 35.7 Å². The molecule has 1 heterocycles. The molecule has 0 saturated carbocycles. The Balaban J connectivity index is 1.58. The topological polar surface area (TPSA) is 72.5 Å². The average Bonchev–Trinajstić information content (AvgIpc) is 3.23. The Bertz CT molecular complexity index is 876. The number of amides is 1. The first kappa shape index (κ1) is 20.5. The molecule has 3 rings (SSSR count). The second-order valence-electron chi connectivity index (χ2n) is 6.37. The first-order chi connectivity index (χ1) is 13.4. The van der Waals surface area contributed by atoms with Crippen molar-refractivity contribution in [3.05, 3.63) is 65.2 Å². The molecule has 0 aliphatic carbocycles. The van der Waals surface area contributed by atoms with Crippen LogP contribution in [0.5, 0.6) is 0 Å². The number of nitrogens with one attached hydrogen (secondary N) is 1. The van der Waals surface area contributed by atoms with Crippen molar-refractivity contribution in [1.82, 2.24) is 0 Å². The van der Waals surface area contributed by atoms with E-state index in [4.69, 9.17) is 4.74 Å². The molecule has 0 aromatic heterocycles. The van der Waals surface area contributed by atoms with Gasteiger partial charge in [0.25, 0.3) is 5.91 Å². The van der Waals surface area contributed by atoms with Crippen LogP contribution in [0.3, 0.4) is 0 Å². The molecule has 1 aliphatic heterocycles. The Morgan fingerprint density at radius 3 is 2.36 bits per heavy atom. The largest absolute Gasteiger partial charge is 0.449 e. The molecule has 7 heteroatoms. The highest BCUT2D eigenvalue weighted by atomic mass is 32.2. The third-order valence-corrected chi connectivity index (χ3v) is 7.33. The predicted octanol–water partition coefficient (Wildman–Crippen LogP) is 4.55. The van der Waals surface area contributed by atoms with Crippen LogP contribution in [0.2, 0.25) is 0 Å². The molecular formula is C21H21NO4S2. The molecule has 0 spiro atoms. The fourth-order valence-electron chi connectivity index (χ4n) is 2.67. The lowest BCUT2D eigenvalue weighted by Gasteiger charge is -2.14. The average molecular weight is 416 g/mol. The number of esters is 1. The number of carbonyl (C=O) groups excluding carboxylic acids is 3. The quantitative estimate of drug-likeness (QED) is 0.551. The van der Waals surface area contributed by atoms with Crippen LogP contribution in [0.4, 0.5) is 5.69 Å². The van der Waals surface area contributed by atoms with Gasteiger partial charge in [-0.25, -0.2) is 4.79 Å². The molecular weight excluding hydrogens is 394 g/mol. The van der Waals surface area contributed by atoms with Gasteiger partial charge in [-0.05, 0) is 43.7 Å². The van der Waals surface area contributed by atoms with Gasteiger partial charge in [-0.3, -0.25) is 9.59 Å². The number of ketones is 1. The lowest BCUT2D eigenvalue weighted by Crippen LogP contribution is -2.30. The third kappa shape index (κ3) is 5.17. The predicted molar refractivity (Wildman–Crippen MR) is 114 cm³/mol. The van der Waals surface area contributed by atoms with Gasteiger partial charge < -0.3 is 10.1 Å². The van der Waals surface area contributed by atoms with Crippen molar-refractivity contribution >= 4 is 46.9 Å². The second-order valence-corrected chi connectivity index (χ2v) is 9.09. The summed E-state index contributed by atoms with van der Waals surface area (Å²) >= 11 is 3.80. The highest BCUT2D eigenvalue weighted by molar-refractivity contribution is 8.19. The van der Waals surface area contributed by atoms with Crippen LogP contribution in [-0.4, -0.2) is 35.3 Å². The summed E-state index contributed by atoms with van der Waals surface area (Å²) in [5.41, 5.74) is 2.58. The molecule has 28 heavy (non-hydrogen) atoms. The fraction of sp³-hybridized carbons (Fsp3) is 0.286. The summed E-state index contributed by atoms with van der Waals surface area (Å²) in [5.74, 6) is 1.19. The Morgan fingerprint density at radius 2 is 1.71 bits per heavy atom. The normalized spacial score (nSPS) is 15.1. The molecule has 1 aliphatic rings. The van der Waals surface area contributed by atoms with E-state index in [2.05, 4.69) is 5.32 Å². The van der Waals surface area contributed by atoms with Crippen LogP contribution in [0.25, 0.3) is 0 Å². The van der Waals surface area contributed by atoms with Crippen molar-refractivity contribution in [1.29, 1.82) is 0 Å². The lowest BCUT2D eigenvalue weighted by atomic mass is 10.1. The molecule has 0 radical (unpaired) electrons. The molecule has 5 nitrogen and oxygen atoms in total. The minimum absolute atomic E-state index is 0.0894. The van der Waals surface area contributed by atoms with E-state index in [0.717, 1.165) is 11.5 Å². The summed E-state index contributed by atoms with van der Waals surface area (Å²) in [5, 5.41) is 2.67. The monoisotopic (exact) mass is 415 g/mol. The van der Waals surface area contributed by atoms with Crippen molar-refractivity contribution in [3.8, 4) is 0 Å². The first-order valence-corrected chi connectivity index (χ1v) is 11.0. The zero-order chi connectivity index (χ0) is 20.1. The third-order valence-electron chi connectivity index (χ3n) is 4.23. The number of hydrogen-bond donors (Lipinski definition) is 1. The van der Waals surface area contributed by atoms with Gasteiger partial charge in [0.2, 0.25) is 0 Å². The molecule has 2 aromatic rings.